The zero-order valence-corrected chi connectivity index (χ0v) is 25.4. The third kappa shape index (κ3) is 9.55. The van der Waals surface area contributed by atoms with E-state index in [2.05, 4.69) is 52.9 Å². The molecule has 4 aromatic rings. The molecule has 216 valence electrons. The summed E-state index contributed by atoms with van der Waals surface area (Å²) in [6.45, 7) is 0. The van der Waals surface area contributed by atoms with Gasteiger partial charge in [0.05, 0.1) is 23.6 Å². The second-order valence-corrected chi connectivity index (χ2v) is 10.5. The second kappa shape index (κ2) is 15.3. The molecule has 12 heteroatoms. The lowest BCUT2D eigenvalue weighted by atomic mass is 10.2. The number of halogens is 2. The molecule has 0 saturated carbocycles. The topological polar surface area (TPSA) is 136 Å². The highest BCUT2D eigenvalue weighted by Gasteiger charge is 2.13. The maximum atomic E-state index is 12.4. The van der Waals surface area contributed by atoms with E-state index in [4.69, 9.17) is 9.47 Å². The molecule has 0 bridgehead atoms. The zero-order valence-electron chi connectivity index (χ0n) is 22.2. The summed E-state index contributed by atoms with van der Waals surface area (Å²) >= 11 is 6.70. The lowest BCUT2D eigenvalue weighted by Gasteiger charge is -2.08. The van der Waals surface area contributed by atoms with Gasteiger partial charge in [-0.3, -0.25) is 9.59 Å². The number of carbonyl (C=O) groups is 4. The normalized spacial score (nSPS) is 10.8. The highest BCUT2D eigenvalue weighted by Crippen LogP contribution is 2.24. The summed E-state index contributed by atoms with van der Waals surface area (Å²) in [7, 11) is 0. The number of ether oxygens (including phenoxy) is 2. The molecule has 0 spiro atoms. The molecule has 0 aliphatic carbocycles. The summed E-state index contributed by atoms with van der Waals surface area (Å²) in [6, 6.07) is 26.8. The largest absolute Gasteiger partial charge is 0.422 e. The van der Waals surface area contributed by atoms with E-state index in [0.29, 0.717) is 31.2 Å². The van der Waals surface area contributed by atoms with Gasteiger partial charge in [0.1, 0.15) is 17.9 Å². The number of hydrazone groups is 2. The molecule has 10 nitrogen and oxygen atoms in total. The van der Waals surface area contributed by atoms with E-state index in [1.807, 2.05) is 0 Å². The first-order chi connectivity index (χ1) is 20.8. The van der Waals surface area contributed by atoms with Crippen molar-refractivity contribution in [1.29, 1.82) is 0 Å². The van der Waals surface area contributed by atoms with Crippen LogP contribution in [0.2, 0.25) is 0 Å². The van der Waals surface area contributed by atoms with E-state index in [9.17, 15) is 19.2 Å². The Morgan fingerprint density at radius 1 is 0.605 bits per heavy atom. The number of amides is 2. The Bertz CT molecular complexity index is 1570. The average molecular weight is 706 g/mol. The Balaban J connectivity index is 1.31. The lowest BCUT2D eigenvalue weighted by molar-refractivity contribution is -0.129. The Morgan fingerprint density at radius 2 is 1.00 bits per heavy atom. The third-order valence-electron chi connectivity index (χ3n) is 5.47. The summed E-state index contributed by atoms with van der Waals surface area (Å²) in [5, 5.41) is 7.74. The van der Waals surface area contributed by atoms with Crippen LogP contribution in [0.4, 0.5) is 0 Å². The summed E-state index contributed by atoms with van der Waals surface area (Å²) < 4.78 is 12.3. The molecule has 0 aromatic heterocycles. The number of carbonyl (C=O) groups excluding carboxylic acids is 4. The first-order valence-corrected chi connectivity index (χ1v) is 14.1. The zero-order chi connectivity index (χ0) is 30.6. The van der Waals surface area contributed by atoms with E-state index < -0.39 is 30.2 Å². The van der Waals surface area contributed by atoms with Crippen LogP contribution in [0.25, 0.3) is 0 Å². The van der Waals surface area contributed by atoms with Crippen molar-refractivity contribution in [3.8, 4) is 11.5 Å². The van der Waals surface area contributed by atoms with Crippen LogP contribution in [0.5, 0.6) is 11.5 Å². The van der Waals surface area contributed by atoms with Gasteiger partial charge in [-0.2, -0.15) is 10.2 Å². The number of hydrogen-bond donors (Lipinski definition) is 2. The van der Waals surface area contributed by atoms with Gasteiger partial charge in [-0.15, -0.1) is 0 Å². The average Bonchev–Trinajstić information content (AvgIpc) is 3.00. The number of hydrogen-bond acceptors (Lipinski definition) is 8. The van der Waals surface area contributed by atoms with E-state index in [1.165, 1.54) is 12.4 Å². The van der Waals surface area contributed by atoms with Gasteiger partial charge in [-0.1, -0.05) is 68.3 Å². The van der Waals surface area contributed by atoms with Gasteiger partial charge in [-0.25, -0.2) is 20.4 Å². The van der Waals surface area contributed by atoms with E-state index in [1.54, 1.807) is 97.1 Å². The van der Waals surface area contributed by atoms with Crippen molar-refractivity contribution in [2.75, 3.05) is 0 Å². The van der Waals surface area contributed by atoms with Gasteiger partial charge < -0.3 is 9.47 Å². The first kappa shape index (κ1) is 31.0. The fourth-order valence-electron chi connectivity index (χ4n) is 3.46. The Hall–Kier alpha value is -4.94. The third-order valence-corrected chi connectivity index (χ3v) is 6.46. The van der Waals surface area contributed by atoms with Crippen molar-refractivity contribution in [3.63, 3.8) is 0 Å². The quantitative estimate of drug-likeness (QED) is 0.0721. The van der Waals surface area contributed by atoms with Crippen molar-refractivity contribution in [2.45, 2.75) is 6.42 Å². The van der Waals surface area contributed by atoms with Gasteiger partial charge in [-0.05, 0) is 60.7 Å². The molecule has 0 aliphatic heterocycles. The molecule has 0 aliphatic rings. The molecule has 0 heterocycles. The molecule has 43 heavy (non-hydrogen) atoms. The SMILES string of the molecule is O=C(CC(=O)N/N=C/c1cc(Br)ccc1OC(=O)c1ccccc1)N/N=C\c1cc(Br)ccc1OC(=O)c1ccccc1. The monoisotopic (exact) mass is 704 g/mol. The Labute approximate surface area is 263 Å². The molecule has 2 amide bonds. The predicted molar refractivity (Wildman–Crippen MR) is 167 cm³/mol. The van der Waals surface area contributed by atoms with Crippen LogP contribution in [0.3, 0.4) is 0 Å². The number of esters is 2. The summed E-state index contributed by atoms with van der Waals surface area (Å²) in [6.07, 6.45) is 2.01. The molecule has 0 saturated heterocycles. The Morgan fingerprint density at radius 3 is 1.40 bits per heavy atom. The van der Waals surface area contributed by atoms with Crippen molar-refractivity contribution >= 4 is 68.0 Å². The van der Waals surface area contributed by atoms with Crippen LogP contribution in [-0.2, 0) is 9.59 Å². The Kier molecular flexibility index (Phi) is 11.1. The molecule has 4 rings (SSSR count). The maximum Gasteiger partial charge on any atom is 0.343 e. The van der Waals surface area contributed by atoms with Crippen LogP contribution >= 0.6 is 31.9 Å². The van der Waals surface area contributed by atoms with Crippen molar-refractivity contribution in [1.82, 2.24) is 10.9 Å². The number of nitrogens with one attached hydrogen (secondary N) is 2. The fraction of sp³-hybridized carbons (Fsp3) is 0.0323. The van der Waals surface area contributed by atoms with Gasteiger partial charge in [0.15, 0.2) is 0 Å². The molecular formula is C31H22Br2N4O6. The van der Waals surface area contributed by atoms with Crippen LogP contribution in [0.15, 0.2) is 116 Å². The summed E-state index contributed by atoms with van der Waals surface area (Å²) in [5.74, 6) is -2.07. The van der Waals surface area contributed by atoms with E-state index in [0.717, 1.165) is 0 Å². The van der Waals surface area contributed by atoms with Crippen molar-refractivity contribution in [2.24, 2.45) is 10.2 Å². The highest BCUT2D eigenvalue weighted by atomic mass is 79.9. The predicted octanol–water partition coefficient (Wildman–Crippen LogP) is 5.64. The van der Waals surface area contributed by atoms with Crippen LogP contribution in [0, 0.1) is 0 Å². The minimum Gasteiger partial charge on any atom is -0.422 e. The van der Waals surface area contributed by atoms with E-state index >= 15 is 0 Å². The number of nitrogens with zero attached hydrogens (tertiary/aromatic N) is 2. The minimum atomic E-state index is -0.707. The number of rotatable bonds is 10. The van der Waals surface area contributed by atoms with E-state index in [-0.39, 0.29) is 11.5 Å². The molecule has 0 unspecified atom stereocenters. The van der Waals surface area contributed by atoms with Gasteiger partial charge in [0.25, 0.3) is 0 Å². The smallest absolute Gasteiger partial charge is 0.343 e. The number of benzene rings is 4. The highest BCUT2D eigenvalue weighted by molar-refractivity contribution is 9.10. The van der Waals surface area contributed by atoms with Gasteiger partial charge in [0, 0.05) is 20.1 Å². The molecule has 0 radical (unpaired) electrons. The van der Waals surface area contributed by atoms with Crippen molar-refractivity contribution < 1.29 is 28.7 Å². The molecular weight excluding hydrogens is 684 g/mol. The van der Waals surface area contributed by atoms with Crippen LogP contribution < -0.4 is 20.3 Å². The lowest BCUT2D eigenvalue weighted by Crippen LogP contribution is -2.27. The standard InChI is InChI=1S/C31H22Br2N4O6/c32-24-11-13-26(42-30(40)20-7-3-1-4-8-20)22(15-24)18-34-36-28(38)17-29(39)37-35-19-23-16-25(33)12-14-27(23)43-31(41)21-9-5-2-6-10-21/h1-16,18-19H,17H2,(H,36,38)(H,37,39)/b34-18-,35-19+. The van der Waals surface area contributed by atoms with Gasteiger partial charge >= 0.3 is 11.9 Å². The first-order valence-electron chi connectivity index (χ1n) is 12.6. The molecule has 0 atom stereocenters. The second-order valence-electron chi connectivity index (χ2n) is 8.64. The molecule has 0 fully saturated rings. The van der Waals surface area contributed by atoms with Gasteiger partial charge in [0.2, 0.25) is 11.8 Å². The summed E-state index contributed by atoms with van der Waals surface area (Å²) in [5.41, 5.74) is 6.07. The fourth-order valence-corrected chi connectivity index (χ4v) is 4.22. The molecule has 4 aromatic carbocycles. The van der Waals surface area contributed by atoms with Crippen LogP contribution in [0.1, 0.15) is 38.3 Å². The minimum absolute atomic E-state index is 0.225. The molecule has 2 N–H and O–H groups in total. The maximum absolute atomic E-state index is 12.4. The summed E-state index contributed by atoms with van der Waals surface area (Å²) in [4.78, 5) is 49.4. The van der Waals surface area contributed by atoms with Crippen molar-refractivity contribution in [3.05, 3.63) is 128 Å². The van der Waals surface area contributed by atoms with Crippen LogP contribution in [-0.4, -0.2) is 36.2 Å².